The molecule has 0 saturated heterocycles. The molecule has 0 aliphatic heterocycles. The summed E-state index contributed by atoms with van der Waals surface area (Å²) >= 11 is 5.98. The number of hydrogen-bond acceptors (Lipinski definition) is 2. The summed E-state index contributed by atoms with van der Waals surface area (Å²) in [7, 11) is 0. The Morgan fingerprint density at radius 1 is 1.00 bits per heavy atom. The minimum atomic E-state index is -0.326. The van der Waals surface area contributed by atoms with Crippen LogP contribution in [0.15, 0.2) is 45.6 Å². The summed E-state index contributed by atoms with van der Waals surface area (Å²) < 4.78 is 5.27. The lowest BCUT2D eigenvalue weighted by atomic mass is 10.1. The van der Waals surface area contributed by atoms with E-state index in [4.69, 9.17) is 16.0 Å². The molecule has 0 N–H and O–H groups in total. The zero-order valence-electron chi connectivity index (χ0n) is 9.16. The van der Waals surface area contributed by atoms with Gasteiger partial charge in [0.2, 0.25) is 0 Å². The molecule has 17 heavy (non-hydrogen) atoms. The highest BCUT2D eigenvalue weighted by molar-refractivity contribution is 6.31. The molecule has 2 nitrogen and oxygen atoms in total. The van der Waals surface area contributed by atoms with Gasteiger partial charge in [0.1, 0.15) is 5.58 Å². The van der Waals surface area contributed by atoms with E-state index in [1.165, 1.54) is 0 Å². The van der Waals surface area contributed by atoms with Crippen molar-refractivity contribution >= 4 is 33.3 Å². The van der Waals surface area contributed by atoms with Crippen LogP contribution >= 0.6 is 11.6 Å². The fourth-order valence-corrected chi connectivity index (χ4v) is 2.19. The van der Waals surface area contributed by atoms with Crippen molar-refractivity contribution in [1.29, 1.82) is 0 Å². The molecule has 0 radical (unpaired) electrons. The molecule has 2 aromatic carbocycles. The van der Waals surface area contributed by atoms with E-state index in [1.807, 2.05) is 25.1 Å². The van der Waals surface area contributed by atoms with Crippen LogP contribution in [-0.4, -0.2) is 0 Å². The maximum atomic E-state index is 11.8. The van der Waals surface area contributed by atoms with Gasteiger partial charge in [0.25, 0.3) is 0 Å². The SMILES string of the molecule is Cc1ccc2oc(=O)c3ccc(Cl)cc3c2c1. The molecule has 1 heterocycles. The molecule has 0 bridgehead atoms. The van der Waals surface area contributed by atoms with Gasteiger partial charge in [-0.3, -0.25) is 0 Å². The second-order valence-corrected chi connectivity index (χ2v) is 4.52. The predicted molar refractivity (Wildman–Crippen MR) is 69.7 cm³/mol. The Balaban J connectivity index is 2.64. The highest BCUT2D eigenvalue weighted by Gasteiger charge is 2.07. The van der Waals surface area contributed by atoms with Crippen LogP contribution in [-0.2, 0) is 0 Å². The van der Waals surface area contributed by atoms with Crippen LogP contribution in [0, 0.1) is 6.92 Å². The minimum Gasteiger partial charge on any atom is -0.422 e. The first-order valence-electron chi connectivity index (χ1n) is 5.28. The Morgan fingerprint density at radius 3 is 2.65 bits per heavy atom. The van der Waals surface area contributed by atoms with Crippen LogP contribution in [0.1, 0.15) is 5.56 Å². The number of hydrogen-bond donors (Lipinski definition) is 0. The first kappa shape index (κ1) is 10.4. The van der Waals surface area contributed by atoms with Crippen molar-refractivity contribution in [3.8, 4) is 0 Å². The predicted octanol–water partition coefficient (Wildman–Crippen LogP) is 3.91. The molecule has 3 heteroatoms. The van der Waals surface area contributed by atoms with Gasteiger partial charge in [0.05, 0.1) is 5.39 Å². The van der Waals surface area contributed by atoms with Crippen molar-refractivity contribution in [2.24, 2.45) is 0 Å². The van der Waals surface area contributed by atoms with Crippen LogP contribution in [0.25, 0.3) is 21.7 Å². The Labute approximate surface area is 102 Å². The lowest BCUT2D eigenvalue weighted by molar-refractivity contribution is 0.569. The lowest BCUT2D eigenvalue weighted by Gasteiger charge is -2.03. The normalized spacial score (nSPS) is 11.2. The average Bonchev–Trinajstić information content (AvgIpc) is 2.30. The number of fused-ring (bicyclic) bond motifs is 3. The van der Waals surface area contributed by atoms with E-state index in [-0.39, 0.29) is 5.63 Å². The van der Waals surface area contributed by atoms with Gasteiger partial charge in [0, 0.05) is 15.8 Å². The van der Waals surface area contributed by atoms with Crippen molar-refractivity contribution in [2.45, 2.75) is 6.92 Å². The summed E-state index contributed by atoms with van der Waals surface area (Å²) in [6.45, 7) is 2.00. The van der Waals surface area contributed by atoms with Crippen LogP contribution in [0.3, 0.4) is 0 Å². The fraction of sp³-hybridized carbons (Fsp3) is 0.0714. The lowest BCUT2D eigenvalue weighted by Crippen LogP contribution is -1.99. The van der Waals surface area contributed by atoms with Gasteiger partial charge in [-0.1, -0.05) is 23.2 Å². The summed E-state index contributed by atoms with van der Waals surface area (Å²) in [5.41, 5.74) is 1.39. The zero-order valence-corrected chi connectivity index (χ0v) is 9.91. The molecule has 84 valence electrons. The van der Waals surface area contributed by atoms with Crippen LogP contribution < -0.4 is 5.63 Å². The summed E-state index contributed by atoms with van der Waals surface area (Å²) in [6.07, 6.45) is 0. The molecular weight excluding hydrogens is 236 g/mol. The molecule has 0 spiro atoms. The number of halogens is 1. The summed E-state index contributed by atoms with van der Waals surface area (Å²) in [6, 6.07) is 10.9. The van der Waals surface area contributed by atoms with Crippen molar-refractivity contribution in [3.63, 3.8) is 0 Å². The summed E-state index contributed by atoms with van der Waals surface area (Å²) in [5, 5.41) is 2.94. The molecule has 0 atom stereocenters. The van der Waals surface area contributed by atoms with Crippen molar-refractivity contribution < 1.29 is 4.42 Å². The quantitative estimate of drug-likeness (QED) is 0.443. The highest BCUT2D eigenvalue weighted by atomic mass is 35.5. The van der Waals surface area contributed by atoms with Crippen molar-refractivity contribution in [2.75, 3.05) is 0 Å². The van der Waals surface area contributed by atoms with E-state index >= 15 is 0 Å². The molecule has 3 rings (SSSR count). The summed E-state index contributed by atoms with van der Waals surface area (Å²) in [4.78, 5) is 11.8. The van der Waals surface area contributed by atoms with E-state index in [0.29, 0.717) is 16.0 Å². The molecule has 0 saturated carbocycles. The minimum absolute atomic E-state index is 0.326. The maximum Gasteiger partial charge on any atom is 0.344 e. The Hall–Kier alpha value is -1.80. The van der Waals surface area contributed by atoms with Gasteiger partial charge < -0.3 is 4.42 Å². The van der Waals surface area contributed by atoms with E-state index in [0.717, 1.165) is 16.3 Å². The van der Waals surface area contributed by atoms with Crippen LogP contribution in [0.5, 0.6) is 0 Å². The Kier molecular flexibility index (Phi) is 2.20. The third-order valence-electron chi connectivity index (χ3n) is 2.83. The first-order valence-corrected chi connectivity index (χ1v) is 5.66. The van der Waals surface area contributed by atoms with Gasteiger partial charge in [-0.25, -0.2) is 4.79 Å². The van der Waals surface area contributed by atoms with Gasteiger partial charge in [-0.2, -0.15) is 0 Å². The number of benzene rings is 2. The van der Waals surface area contributed by atoms with Crippen molar-refractivity contribution in [1.82, 2.24) is 0 Å². The summed E-state index contributed by atoms with van der Waals surface area (Å²) in [5.74, 6) is 0. The number of rotatable bonds is 0. The smallest absolute Gasteiger partial charge is 0.344 e. The van der Waals surface area contributed by atoms with Gasteiger partial charge in [0.15, 0.2) is 0 Å². The second kappa shape index (κ2) is 3.60. The average molecular weight is 245 g/mol. The van der Waals surface area contributed by atoms with Gasteiger partial charge in [-0.05, 0) is 37.3 Å². The van der Waals surface area contributed by atoms with E-state index in [2.05, 4.69) is 0 Å². The second-order valence-electron chi connectivity index (χ2n) is 4.08. The monoisotopic (exact) mass is 244 g/mol. The Morgan fingerprint density at radius 2 is 1.82 bits per heavy atom. The molecule has 3 aromatic rings. The highest BCUT2D eigenvalue weighted by Crippen LogP contribution is 2.26. The third-order valence-corrected chi connectivity index (χ3v) is 3.06. The standard InChI is InChI=1S/C14H9ClO2/c1-8-2-5-13-12(6-8)11-7-9(15)3-4-10(11)14(16)17-13/h2-7H,1H3. The molecule has 0 fully saturated rings. The van der Waals surface area contributed by atoms with Gasteiger partial charge in [-0.15, -0.1) is 0 Å². The van der Waals surface area contributed by atoms with Crippen molar-refractivity contribution in [3.05, 3.63) is 57.4 Å². The van der Waals surface area contributed by atoms with E-state index in [9.17, 15) is 4.79 Å². The largest absolute Gasteiger partial charge is 0.422 e. The van der Waals surface area contributed by atoms with E-state index < -0.39 is 0 Å². The van der Waals surface area contributed by atoms with Gasteiger partial charge >= 0.3 is 5.63 Å². The number of aryl methyl sites for hydroxylation is 1. The zero-order chi connectivity index (χ0) is 12.0. The van der Waals surface area contributed by atoms with Crippen LogP contribution in [0.2, 0.25) is 5.02 Å². The molecule has 0 aliphatic carbocycles. The molecule has 0 amide bonds. The molecule has 0 aliphatic rings. The molecule has 1 aromatic heterocycles. The third kappa shape index (κ3) is 1.61. The molecular formula is C14H9ClO2. The van der Waals surface area contributed by atoms with E-state index in [1.54, 1.807) is 18.2 Å². The first-order chi connectivity index (χ1) is 8.15. The topological polar surface area (TPSA) is 30.2 Å². The maximum absolute atomic E-state index is 11.8. The fourth-order valence-electron chi connectivity index (χ4n) is 2.02. The van der Waals surface area contributed by atoms with Crippen LogP contribution in [0.4, 0.5) is 0 Å². The molecule has 0 unspecified atom stereocenters. The Bertz CT molecular complexity index is 787.